The van der Waals surface area contributed by atoms with Gasteiger partial charge >= 0.3 is 5.97 Å². The summed E-state index contributed by atoms with van der Waals surface area (Å²) in [6, 6.07) is 5.11. The fourth-order valence-corrected chi connectivity index (χ4v) is 3.33. The zero-order chi connectivity index (χ0) is 19.4. The molecule has 3 N–H and O–H groups in total. The Labute approximate surface area is 151 Å². The molecule has 10 heteroatoms. The molecule has 0 bridgehead atoms. The topological polar surface area (TPSA) is 142 Å². The molecule has 136 valence electrons. The number of nitrogens with two attached hydrogens (primary N) is 1. The van der Waals surface area contributed by atoms with Gasteiger partial charge in [-0.15, -0.1) is 11.3 Å². The van der Waals surface area contributed by atoms with Crippen molar-refractivity contribution in [3.63, 3.8) is 0 Å². The van der Waals surface area contributed by atoms with E-state index in [-0.39, 0.29) is 33.3 Å². The lowest BCUT2D eigenvalue weighted by molar-refractivity contribution is -0.384. The van der Waals surface area contributed by atoms with Crippen LogP contribution in [0.25, 0.3) is 0 Å². The van der Waals surface area contributed by atoms with Crippen LogP contribution in [0.5, 0.6) is 0 Å². The SMILES string of the molecule is CCOC(=O)c1sc(NC(=O)c2cccc([N+](=O)[O-])c2)c(C(N)=O)c1C. The van der Waals surface area contributed by atoms with Gasteiger partial charge in [0.25, 0.3) is 17.5 Å². The maximum Gasteiger partial charge on any atom is 0.348 e. The van der Waals surface area contributed by atoms with Gasteiger partial charge in [0.2, 0.25) is 0 Å². The summed E-state index contributed by atoms with van der Waals surface area (Å²) in [5, 5.41) is 13.4. The number of nitrogens with one attached hydrogen (secondary N) is 1. The molecule has 0 saturated carbocycles. The maximum absolute atomic E-state index is 12.4. The van der Waals surface area contributed by atoms with E-state index in [2.05, 4.69) is 5.32 Å². The smallest absolute Gasteiger partial charge is 0.348 e. The third-order valence-corrected chi connectivity index (χ3v) is 4.59. The Kier molecular flexibility index (Phi) is 5.68. The molecule has 9 nitrogen and oxygen atoms in total. The van der Waals surface area contributed by atoms with Crippen molar-refractivity contribution in [1.29, 1.82) is 0 Å². The van der Waals surface area contributed by atoms with E-state index in [0.717, 1.165) is 17.4 Å². The summed E-state index contributed by atoms with van der Waals surface area (Å²) in [5.74, 6) is -2.12. The van der Waals surface area contributed by atoms with Crippen molar-refractivity contribution in [2.24, 2.45) is 5.73 Å². The molecule has 2 aromatic rings. The van der Waals surface area contributed by atoms with E-state index in [0.29, 0.717) is 5.56 Å². The standard InChI is InChI=1S/C16H15N3O6S/c1-3-25-16(22)12-8(2)11(13(17)20)15(26-12)18-14(21)9-5-4-6-10(7-9)19(23)24/h4-7H,3H2,1-2H3,(H2,17,20)(H,18,21). The lowest BCUT2D eigenvalue weighted by Gasteiger charge is -2.05. The first-order valence-corrected chi connectivity index (χ1v) is 8.24. The van der Waals surface area contributed by atoms with Crippen molar-refractivity contribution < 1.29 is 24.0 Å². The van der Waals surface area contributed by atoms with Crippen LogP contribution < -0.4 is 11.1 Å². The molecule has 1 aromatic carbocycles. The Morgan fingerprint density at radius 3 is 2.62 bits per heavy atom. The minimum atomic E-state index is -0.816. The summed E-state index contributed by atoms with van der Waals surface area (Å²) < 4.78 is 4.92. The molecule has 0 aliphatic carbocycles. The molecule has 0 aliphatic rings. The van der Waals surface area contributed by atoms with Crippen LogP contribution >= 0.6 is 11.3 Å². The number of non-ortho nitro benzene ring substituents is 1. The predicted molar refractivity (Wildman–Crippen MR) is 94.6 cm³/mol. The molecular formula is C16H15N3O6S. The summed E-state index contributed by atoms with van der Waals surface area (Å²) in [4.78, 5) is 46.4. The van der Waals surface area contributed by atoms with Gasteiger partial charge in [-0.3, -0.25) is 19.7 Å². The molecule has 2 amide bonds. The number of anilines is 1. The van der Waals surface area contributed by atoms with Crippen molar-refractivity contribution in [3.8, 4) is 0 Å². The van der Waals surface area contributed by atoms with Gasteiger partial charge in [0, 0.05) is 17.7 Å². The molecule has 2 rings (SSSR count). The molecular weight excluding hydrogens is 362 g/mol. The van der Waals surface area contributed by atoms with Crippen molar-refractivity contribution in [2.45, 2.75) is 13.8 Å². The average molecular weight is 377 g/mol. The summed E-state index contributed by atoms with van der Waals surface area (Å²) in [7, 11) is 0. The number of nitro benzene ring substituents is 1. The van der Waals surface area contributed by atoms with Crippen LogP contribution in [0.4, 0.5) is 10.7 Å². The number of nitrogens with zero attached hydrogens (tertiary/aromatic N) is 1. The Hall–Kier alpha value is -3.27. The van der Waals surface area contributed by atoms with Crippen molar-refractivity contribution >= 4 is 39.8 Å². The van der Waals surface area contributed by atoms with Crippen LogP contribution in [0.2, 0.25) is 0 Å². The Balaban J connectivity index is 2.39. The number of carbonyl (C=O) groups excluding carboxylic acids is 3. The lowest BCUT2D eigenvalue weighted by Crippen LogP contribution is -2.17. The minimum Gasteiger partial charge on any atom is -0.462 e. The van der Waals surface area contributed by atoms with E-state index < -0.39 is 22.7 Å². The lowest BCUT2D eigenvalue weighted by atomic mass is 10.1. The molecule has 0 unspecified atom stereocenters. The second-order valence-electron chi connectivity index (χ2n) is 5.11. The van der Waals surface area contributed by atoms with E-state index >= 15 is 0 Å². The largest absolute Gasteiger partial charge is 0.462 e. The van der Waals surface area contributed by atoms with Crippen LogP contribution in [0.15, 0.2) is 24.3 Å². The number of hydrogen-bond donors (Lipinski definition) is 2. The van der Waals surface area contributed by atoms with E-state index in [1.165, 1.54) is 25.1 Å². The summed E-state index contributed by atoms with van der Waals surface area (Å²) in [6.07, 6.45) is 0. The maximum atomic E-state index is 12.4. The molecule has 0 fully saturated rings. The number of ether oxygens (including phenoxy) is 1. The van der Waals surface area contributed by atoms with Crippen LogP contribution in [-0.4, -0.2) is 29.3 Å². The first-order valence-electron chi connectivity index (χ1n) is 7.42. The highest BCUT2D eigenvalue weighted by atomic mass is 32.1. The van der Waals surface area contributed by atoms with Crippen molar-refractivity contribution in [3.05, 3.63) is 55.9 Å². The van der Waals surface area contributed by atoms with Gasteiger partial charge in [0.15, 0.2) is 0 Å². The summed E-state index contributed by atoms with van der Waals surface area (Å²) in [6.45, 7) is 3.31. The number of benzene rings is 1. The third kappa shape index (κ3) is 3.86. The normalized spacial score (nSPS) is 10.2. The van der Waals surface area contributed by atoms with Crippen LogP contribution in [0, 0.1) is 17.0 Å². The number of nitro groups is 1. The number of rotatable bonds is 6. The van der Waals surface area contributed by atoms with Crippen molar-refractivity contribution in [2.75, 3.05) is 11.9 Å². The molecule has 0 aliphatic heterocycles. The van der Waals surface area contributed by atoms with Gasteiger partial charge in [-0.05, 0) is 25.5 Å². The first kappa shape index (κ1) is 19.1. The van der Waals surface area contributed by atoms with E-state index in [1.54, 1.807) is 6.92 Å². The molecule has 1 heterocycles. The van der Waals surface area contributed by atoms with Crippen LogP contribution in [-0.2, 0) is 4.74 Å². The minimum absolute atomic E-state index is 0.00293. The zero-order valence-corrected chi connectivity index (χ0v) is 14.7. The van der Waals surface area contributed by atoms with Crippen molar-refractivity contribution in [1.82, 2.24) is 0 Å². The number of thiophene rings is 1. The summed E-state index contributed by atoms with van der Waals surface area (Å²) >= 11 is 0.855. The van der Waals surface area contributed by atoms with E-state index in [9.17, 15) is 24.5 Å². The fraction of sp³-hybridized carbons (Fsp3) is 0.188. The molecule has 26 heavy (non-hydrogen) atoms. The van der Waals surface area contributed by atoms with Gasteiger partial charge in [0.05, 0.1) is 17.1 Å². The monoisotopic (exact) mass is 377 g/mol. The first-order chi connectivity index (χ1) is 12.3. The molecule has 0 spiro atoms. The predicted octanol–water partition coefficient (Wildman–Crippen LogP) is 2.49. The fourth-order valence-electron chi connectivity index (χ4n) is 2.23. The highest BCUT2D eigenvalue weighted by molar-refractivity contribution is 7.18. The van der Waals surface area contributed by atoms with Gasteiger partial charge in [-0.1, -0.05) is 6.07 Å². The Morgan fingerprint density at radius 2 is 2.04 bits per heavy atom. The molecule has 0 saturated heterocycles. The van der Waals surface area contributed by atoms with Crippen LogP contribution in [0.3, 0.4) is 0 Å². The third-order valence-electron chi connectivity index (χ3n) is 3.40. The highest BCUT2D eigenvalue weighted by Gasteiger charge is 2.25. The Morgan fingerprint density at radius 1 is 1.35 bits per heavy atom. The number of hydrogen-bond acceptors (Lipinski definition) is 7. The second-order valence-corrected chi connectivity index (χ2v) is 6.13. The average Bonchev–Trinajstić information content (AvgIpc) is 2.91. The molecule has 1 aromatic heterocycles. The Bertz CT molecular complexity index is 905. The van der Waals surface area contributed by atoms with Crippen LogP contribution in [0.1, 0.15) is 42.9 Å². The van der Waals surface area contributed by atoms with Gasteiger partial charge in [-0.2, -0.15) is 0 Å². The van der Waals surface area contributed by atoms with Gasteiger partial charge in [0.1, 0.15) is 9.88 Å². The van der Waals surface area contributed by atoms with E-state index in [1.807, 2.05) is 0 Å². The number of primary amides is 1. The number of amides is 2. The second kappa shape index (κ2) is 7.74. The summed E-state index contributed by atoms with van der Waals surface area (Å²) in [5.41, 5.74) is 5.43. The highest BCUT2D eigenvalue weighted by Crippen LogP contribution is 2.33. The number of esters is 1. The molecule has 0 radical (unpaired) electrons. The quantitative estimate of drug-likeness (QED) is 0.450. The van der Waals surface area contributed by atoms with Gasteiger partial charge in [-0.25, -0.2) is 4.79 Å². The molecule has 0 atom stereocenters. The number of carbonyl (C=O) groups is 3. The van der Waals surface area contributed by atoms with E-state index in [4.69, 9.17) is 10.5 Å². The van der Waals surface area contributed by atoms with Gasteiger partial charge < -0.3 is 15.8 Å². The zero-order valence-electron chi connectivity index (χ0n) is 13.9.